The number of aliphatic carboxylic acids is 1. The molecule has 0 aromatic carbocycles. The summed E-state index contributed by atoms with van der Waals surface area (Å²) >= 11 is 1.66. The number of thiazole rings is 1. The minimum absolute atomic E-state index is 0.313. The van der Waals surface area contributed by atoms with Gasteiger partial charge >= 0.3 is 5.97 Å². The maximum atomic E-state index is 11.0. The molecule has 1 aromatic rings. The van der Waals surface area contributed by atoms with Crippen LogP contribution in [0.3, 0.4) is 0 Å². The molecule has 0 radical (unpaired) electrons. The Bertz CT molecular complexity index is 378. The lowest BCUT2D eigenvalue weighted by molar-refractivity contribution is -0.142. The molecule has 88 valence electrons. The number of carboxylic acid groups (broad SMARTS) is 1. The molecule has 2 heterocycles. The monoisotopic (exact) mass is 240 g/mol. The van der Waals surface area contributed by atoms with Gasteiger partial charge in [0.2, 0.25) is 0 Å². The zero-order chi connectivity index (χ0) is 11.5. The maximum absolute atomic E-state index is 11.0. The lowest BCUT2D eigenvalue weighted by atomic mass is 10.2. The maximum Gasteiger partial charge on any atom is 0.320 e. The summed E-state index contributed by atoms with van der Waals surface area (Å²) in [4.78, 5) is 17.5. The van der Waals surface area contributed by atoms with E-state index in [2.05, 4.69) is 11.9 Å². The second-order valence-corrected chi connectivity index (χ2v) is 5.00. The van der Waals surface area contributed by atoms with E-state index in [9.17, 15) is 4.79 Å². The van der Waals surface area contributed by atoms with Gasteiger partial charge in [0.1, 0.15) is 6.04 Å². The van der Waals surface area contributed by atoms with E-state index in [1.807, 2.05) is 10.3 Å². The highest BCUT2D eigenvalue weighted by Gasteiger charge is 2.30. The van der Waals surface area contributed by atoms with Crippen molar-refractivity contribution in [1.82, 2.24) is 9.88 Å². The van der Waals surface area contributed by atoms with Crippen LogP contribution < -0.4 is 0 Å². The molecule has 0 saturated carbocycles. The first kappa shape index (κ1) is 11.5. The number of aromatic nitrogens is 1. The van der Waals surface area contributed by atoms with Crippen molar-refractivity contribution in [3.05, 3.63) is 16.1 Å². The van der Waals surface area contributed by atoms with E-state index in [4.69, 9.17) is 5.11 Å². The second-order valence-electron chi connectivity index (χ2n) is 4.05. The average molecular weight is 240 g/mol. The van der Waals surface area contributed by atoms with Crippen molar-refractivity contribution in [3.63, 3.8) is 0 Å². The molecule has 1 aliphatic heterocycles. The zero-order valence-corrected chi connectivity index (χ0v) is 10.2. The van der Waals surface area contributed by atoms with Crippen LogP contribution in [0.1, 0.15) is 30.5 Å². The summed E-state index contributed by atoms with van der Waals surface area (Å²) < 4.78 is 0. The molecule has 0 spiro atoms. The fourth-order valence-electron chi connectivity index (χ4n) is 2.09. The average Bonchev–Trinajstić information content (AvgIpc) is 2.87. The van der Waals surface area contributed by atoms with Crippen molar-refractivity contribution < 1.29 is 9.90 Å². The first-order chi connectivity index (χ1) is 7.70. The Hall–Kier alpha value is -0.940. The van der Waals surface area contributed by atoms with Crippen LogP contribution in [0.25, 0.3) is 0 Å². The smallest absolute Gasteiger partial charge is 0.320 e. The van der Waals surface area contributed by atoms with Gasteiger partial charge in [-0.2, -0.15) is 0 Å². The number of likely N-dealkylation sites (tertiary alicyclic amines) is 1. The van der Waals surface area contributed by atoms with E-state index >= 15 is 0 Å². The first-order valence-corrected chi connectivity index (χ1v) is 6.48. The third kappa shape index (κ3) is 2.41. The fraction of sp³-hybridized carbons (Fsp3) is 0.636. The quantitative estimate of drug-likeness (QED) is 0.871. The normalized spacial score (nSPS) is 21.4. The number of aryl methyl sites for hydroxylation is 1. The highest BCUT2D eigenvalue weighted by molar-refractivity contribution is 7.09. The summed E-state index contributed by atoms with van der Waals surface area (Å²) in [6, 6.07) is -0.313. The van der Waals surface area contributed by atoms with Crippen LogP contribution in [-0.4, -0.2) is 33.5 Å². The molecule has 0 amide bonds. The first-order valence-electron chi connectivity index (χ1n) is 5.61. The Morgan fingerprint density at radius 1 is 1.75 bits per heavy atom. The summed E-state index contributed by atoms with van der Waals surface area (Å²) in [7, 11) is 0. The van der Waals surface area contributed by atoms with Crippen LogP contribution in [0, 0.1) is 0 Å². The molecular formula is C11H16N2O2S. The Kier molecular flexibility index (Phi) is 3.56. The van der Waals surface area contributed by atoms with Crippen molar-refractivity contribution in [2.24, 2.45) is 0 Å². The second kappa shape index (κ2) is 4.93. The molecule has 1 saturated heterocycles. The number of rotatable bonds is 4. The Morgan fingerprint density at radius 2 is 2.56 bits per heavy atom. The topological polar surface area (TPSA) is 53.4 Å². The van der Waals surface area contributed by atoms with Crippen molar-refractivity contribution in [2.45, 2.75) is 38.8 Å². The summed E-state index contributed by atoms with van der Waals surface area (Å²) in [6.07, 6.45) is 2.69. The molecular weight excluding hydrogens is 224 g/mol. The van der Waals surface area contributed by atoms with Crippen molar-refractivity contribution in [3.8, 4) is 0 Å². The van der Waals surface area contributed by atoms with Gasteiger partial charge in [-0.1, -0.05) is 6.92 Å². The van der Waals surface area contributed by atoms with Gasteiger partial charge in [-0.15, -0.1) is 11.3 Å². The minimum Gasteiger partial charge on any atom is -0.480 e. The molecule has 1 fully saturated rings. The zero-order valence-electron chi connectivity index (χ0n) is 9.35. The van der Waals surface area contributed by atoms with E-state index in [-0.39, 0.29) is 6.04 Å². The van der Waals surface area contributed by atoms with Crippen LogP contribution >= 0.6 is 11.3 Å². The van der Waals surface area contributed by atoms with Crippen LogP contribution in [0.4, 0.5) is 0 Å². The number of nitrogens with zero attached hydrogens (tertiary/aromatic N) is 2. The van der Waals surface area contributed by atoms with Crippen LogP contribution in [0.15, 0.2) is 5.38 Å². The predicted octanol–water partition coefficient (Wildman–Crippen LogP) is 1.75. The lowest BCUT2D eigenvalue weighted by Gasteiger charge is -2.19. The molecule has 16 heavy (non-hydrogen) atoms. The van der Waals surface area contributed by atoms with Crippen molar-refractivity contribution in [1.29, 1.82) is 0 Å². The highest BCUT2D eigenvalue weighted by Crippen LogP contribution is 2.21. The Labute approximate surface area is 98.9 Å². The van der Waals surface area contributed by atoms with Crippen LogP contribution in [-0.2, 0) is 17.8 Å². The minimum atomic E-state index is -0.705. The molecule has 1 atom stereocenters. The van der Waals surface area contributed by atoms with E-state index in [0.29, 0.717) is 6.54 Å². The molecule has 1 aliphatic rings. The molecule has 5 heteroatoms. The molecule has 2 rings (SSSR count). The summed E-state index contributed by atoms with van der Waals surface area (Å²) in [5, 5.41) is 12.2. The Balaban J connectivity index is 2.00. The lowest BCUT2D eigenvalue weighted by Crippen LogP contribution is -2.35. The van der Waals surface area contributed by atoms with Crippen LogP contribution in [0.5, 0.6) is 0 Å². The van der Waals surface area contributed by atoms with E-state index in [0.717, 1.165) is 36.5 Å². The Morgan fingerprint density at radius 3 is 3.19 bits per heavy atom. The molecule has 0 bridgehead atoms. The fourth-order valence-corrected chi connectivity index (χ4v) is 2.82. The number of carboxylic acids is 1. The summed E-state index contributed by atoms with van der Waals surface area (Å²) in [5.74, 6) is -0.705. The van der Waals surface area contributed by atoms with Crippen molar-refractivity contribution in [2.75, 3.05) is 6.54 Å². The largest absolute Gasteiger partial charge is 0.480 e. The van der Waals surface area contributed by atoms with E-state index in [1.165, 1.54) is 0 Å². The summed E-state index contributed by atoms with van der Waals surface area (Å²) in [6.45, 7) is 3.63. The van der Waals surface area contributed by atoms with Gasteiger partial charge in [0.25, 0.3) is 0 Å². The molecule has 0 unspecified atom stereocenters. The number of hydrogen-bond donors (Lipinski definition) is 1. The van der Waals surface area contributed by atoms with Gasteiger partial charge in [-0.3, -0.25) is 9.69 Å². The molecule has 0 aliphatic carbocycles. The SMILES string of the molecule is CCc1nc(CN2CCC[C@H]2C(=O)O)cs1. The summed E-state index contributed by atoms with van der Waals surface area (Å²) in [5.41, 5.74) is 1.01. The van der Waals surface area contributed by atoms with E-state index in [1.54, 1.807) is 11.3 Å². The third-order valence-corrected chi connectivity index (χ3v) is 3.96. The van der Waals surface area contributed by atoms with Gasteiger partial charge in [0.05, 0.1) is 10.7 Å². The molecule has 1 N–H and O–H groups in total. The van der Waals surface area contributed by atoms with Crippen LogP contribution in [0.2, 0.25) is 0 Å². The highest BCUT2D eigenvalue weighted by atomic mass is 32.1. The van der Waals surface area contributed by atoms with Gasteiger partial charge < -0.3 is 5.11 Å². The van der Waals surface area contributed by atoms with Gasteiger partial charge in [-0.25, -0.2) is 4.98 Å². The van der Waals surface area contributed by atoms with Crippen molar-refractivity contribution >= 4 is 17.3 Å². The predicted molar refractivity (Wildman–Crippen MR) is 62.6 cm³/mol. The molecule has 4 nitrogen and oxygen atoms in total. The molecule has 1 aromatic heterocycles. The van der Waals surface area contributed by atoms with Gasteiger partial charge in [0, 0.05) is 11.9 Å². The third-order valence-electron chi connectivity index (χ3n) is 2.92. The number of carbonyl (C=O) groups is 1. The standard InChI is InChI=1S/C11H16N2O2S/c1-2-10-12-8(7-16-10)6-13-5-3-4-9(13)11(14)15/h7,9H,2-6H2,1H3,(H,14,15)/t9-/m0/s1. The van der Waals surface area contributed by atoms with Gasteiger partial charge in [-0.05, 0) is 25.8 Å². The van der Waals surface area contributed by atoms with Gasteiger partial charge in [0.15, 0.2) is 0 Å². The number of hydrogen-bond acceptors (Lipinski definition) is 4. The van der Waals surface area contributed by atoms with E-state index < -0.39 is 5.97 Å².